The van der Waals surface area contributed by atoms with Gasteiger partial charge in [-0.05, 0) is 56.5 Å². The Hall–Kier alpha value is -1.81. The topological polar surface area (TPSA) is 29.0 Å². The van der Waals surface area contributed by atoms with Gasteiger partial charge in [-0.2, -0.15) is 0 Å². The Labute approximate surface area is 142 Å². The van der Waals surface area contributed by atoms with Crippen LogP contribution in [0.1, 0.15) is 50.1 Å². The maximum atomic E-state index is 13.2. The first-order valence-corrected chi connectivity index (χ1v) is 9.12. The molecule has 3 nitrogen and oxygen atoms in total. The number of hydrogen-bond acceptors (Lipinski definition) is 3. The van der Waals surface area contributed by atoms with E-state index in [1.165, 1.54) is 50.8 Å². The van der Waals surface area contributed by atoms with Crippen LogP contribution >= 0.6 is 0 Å². The summed E-state index contributed by atoms with van der Waals surface area (Å²) in [5.41, 5.74) is 2.94. The molecule has 2 aromatic rings. The highest BCUT2D eigenvalue weighted by molar-refractivity contribution is 5.62. The van der Waals surface area contributed by atoms with Crippen LogP contribution in [0, 0.1) is 5.82 Å². The van der Waals surface area contributed by atoms with E-state index in [9.17, 15) is 4.39 Å². The second-order valence-electron chi connectivity index (χ2n) is 7.07. The van der Waals surface area contributed by atoms with Crippen molar-refractivity contribution in [1.82, 2.24) is 14.9 Å². The molecule has 0 amide bonds. The second-order valence-corrected chi connectivity index (χ2v) is 7.07. The average Bonchev–Trinajstić information content (AvgIpc) is 3.17. The molecule has 2 aliphatic rings. The molecule has 0 unspecified atom stereocenters. The fourth-order valence-electron chi connectivity index (χ4n) is 4.31. The van der Waals surface area contributed by atoms with Gasteiger partial charge in [-0.15, -0.1) is 0 Å². The molecular formula is C20H24FN3. The molecule has 1 aliphatic carbocycles. The molecule has 1 aliphatic heterocycles. The van der Waals surface area contributed by atoms with Crippen molar-refractivity contribution in [2.24, 2.45) is 0 Å². The van der Waals surface area contributed by atoms with Gasteiger partial charge in [-0.1, -0.05) is 12.8 Å². The van der Waals surface area contributed by atoms with Crippen LogP contribution in [0.2, 0.25) is 0 Å². The first-order chi connectivity index (χ1) is 11.8. The highest BCUT2D eigenvalue weighted by Crippen LogP contribution is 2.34. The van der Waals surface area contributed by atoms with Crippen LogP contribution in [0.25, 0.3) is 11.3 Å². The largest absolute Gasteiger partial charge is 0.300 e. The molecule has 1 atom stereocenters. The highest BCUT2D eigenvalue weighted by atomic mass is 19.1. The van der Waals surface area contributed by atoms with Crippen molar-refractivity contribution in [1.29, 1.82) is 0 Å². The summed E-state index contributed by atoms with van der Waals surface area (Å²) in [6.45, 7) is 2.30. The van der Waals surface area contributed by atoms with E-state index in [0.29, 0.717) is 5.92 Å². The van der Waals surface area contributed by atoms with Crippen LogP contribution in [-0.2, 0) is 0 Å². The molecule has 1 saturated carbocycles. The predicted octanol–water partition coefficient (Wildman–Crippen LogP) is 4.40. The Morgan fingerprint density at radius 2 is 1.67 bits per heavy atom. The van der Waals surface area contributed by atoms with Crippen molar-refractivity contribution in [2.45, 2.75) is 50.5 Å². The van der Waals surface area contributed by atoms with Gasteiger partial charge in [-0.25, -0.2) is 4.39 Å². The molecule has 2 heterocycles. The van der Waals surface area contributed by atoms with E-state index in [0.717, 1.165) is 36.0 Å². The van der Waals surface area contributed by atoms with Gasteiger partial charge in [0.05, 0.1) is 11.4 Å². The number of halogens is 1. The molecule has 1 saturated heterocycles. The summed E-state index contributed by atoms with van der Waals surface area (Å²) in [4.78, 5) is 11.9. The molecular weight excluding hydrogens is 301 g/mol. The van der Waals surface area contributed by atoms with Crippen molar-refractivity contribution in [3.05, 3.63) is 48.2 Å². The number of piperidine rings is 1. The number of aromatic nitrogens is 2. The van der Waals surface area contributed by atoms with E-state index < -0.39 is 0 Å². The Morgan fingerprint density at radius 1 is 0.917 bits per heavy atom. The number of rotatable bonds is 3. The molecule has 1 aromatic carbocycles. The molecule has 4 rings (SSSR count). The maximum Gasteiger partial charge on any atom is 0.123 e. The summed E-state index contributed by atoms with van der Waals surface area (Å²) in [7, 11) is 0. The van der Waals surface area contributed by atoms with Crippen molar-refractivity contribution in [3.63, 3.8) is 0 Å². The molecule has 126 valence electrons. The standard InChI is InChI=1S/C20H24FN3/c21-17-9-7-15(8-10-17)19-20(23-12-11-22-19)16-4-3-13-24(14-16)18-5-1-2-6-18/h7-12,16,18H,1-6,13-14H2/t16-/m1/s1. The molecule has 1 aromatic heterocycles. The van der Waals surface area contributed by atoms with Crippen LogP contribution in [0.15, 0.2) is 36.7 Å². The summed E-state index contributed by atoms with van der Waals surface area (Å²) in [6.07, 6.45) is 11.3. The molecule has 0 spiro atoms. The van der Waals surface area contributed by atoms with E-state index >= 15 is 0 Å². The number of hydrogen-bond donors (Lipinski definition) is 0. The van der Waals surface area contributed by atoms with Crippen LogP contribution < -0.4 is 0 Å². The van der Waals surface area contributed by atoms with Gasteiger partial charge in [0.2, 0.25) is 0 Å². The molecule has 24 heavy (non-hydrogen) atoms. The summed E-state index contributed by atoms with van der Waals surface area (Å²) < 4.78 is 13.2. The lowest BCUT2D eigenvalue weighted by Crippen LogP contribution is -2.41. The van der Waals surface area contributed by atoms with E-state index in [4.69, 9.17) is 0 Å². The normalized spacial score (nSPS) is 22.8. The Bertz CT molecular complexity index is 680. The second kappa shape index (κ2) is 6.98. The van der Waals surface area contributed by atoms with Crippen molar-refractivity contribution < 1.29 is 4.39 Å². The number of benzene rings is 1. The zero-order valence-corrected chi connectivity index (χ0v) is 14.0. The third-order valence-electron chi connectivity index (χ3n) is 5.52. The zero-order valence-electron chi connectivity index (χ0n) is 14.0. The Balaban J connectivity index is 1.60. The van der Waals surface area contributed by atoms with Crippen molar-refractivity contribution in [2.75, 3.05) is 13.1 Å². The quantitative estimate of drug-likeness (QED) is 0.837. The Morgan fingerprint density at radius 3 is 2.46 bits per heavy atom. The molecule has 4 heteroatoms. The smallest absolute Gasteiger partial charge is 0.123 e. The van der Waals surface area contributed by atoms with E-state index in [2.05, 4.69) is 14.9 Å². The summed E-state index contributed by atoms with van der Waals surface area (Å²) in [5, 5.41) is 0. The summed E-state index contributed by atoms with van der Waals surface area (Å²) >= 11 is 0. The van der Waals surface area contributed by atoms with Gasteiger partial charge >= 0.3 is 0 Å². The van der Waals surface area contributed by atoms with Gasteiger partial charge < -0.3 is 0 Å². The predicted molar refractivity (Wildman–Crippen MR) is 93.2 cm³/mol. The van der Waals surface area contributed by atoms with Crippen LogP contribution in [0.4, 0.5) is 4.39 Å². The third-order valence-corrected chi connectivity index (χ3v) is 5.52. The van der Waals surface area contributed by atoms with Crippen molar-refractivity contribution >= 4 is 0 Å². The molecule has 0 bridgehead atoms. The van der Waals surface area contributed by atoms with Gasteiger partial charge in [0.1, 0.15) is 5.82 Å². The molecule has 0 N–H and O–H groups in total. The third kappa shape index (κ3) is 3.20. The SMILES string of the molecule is Fc1ccc(-c2nccnc2[C@@H]2CCCN(C3CCCC3)C2)cc1. The lowest BCUT2D eigenvalue weighted by atomic mass is 9.90. The minimum atomic E-state index is -0.214. The average molecular weight is 325 g/mol. The van der Waals surface area contributed by atoms with E-state index in [1.807, 2.05) is 0 Å². The molecule has 2 fully saturated rings. The van der Waals surface area contributed by atoms with Crippen LogP contribution in [0.3, 0.4) is 0 Å². The van der Waals surface area contributed by atoms with Gasteiger partial charge in [0.15, 0.2) is 0 Å². The lowest BCUT2D eigenvalue weighted by molar-refractivity contribution is 0.149. The first-order valence-electron chi connectivity index (χ1n) is 9.12. The highest BCUT2D eigenvalue weighted by Gasteiger charge is 2.30. The fraction of sp³-hybridized carbons (Fsp3) is 0.500. The van der Waals surface area contributed by atoms with Gasteiger partial charge in [-0.3, -0.25) is 14.9 Å². The summed E-state index contributed by atoms with van der Waals surface area (Å²) in [6, 6.07) is 7.37. The number of nitrogens with zero attached hydrogens (tertiary/aromatic N) is 3. The fourth-order valence-corrected chi connectivity index (χ4v) is 4.31. The van der Waals surface area contributed by atoms with E-state index in [-0.39, 0.29) is 5.82 Å². The maximum absolute atomic E-state index is 13.2. The van der Waals surface area contributed by atoms with Crippen LogP contribution in [-0.4, -0.2) is 34.0 Å². The minimum absolute atomic E-state index is 0.214. The van der Waals surface area contributed by atoms with Gasteiger partial charge in [0, 0.05) is 36.5 Å². The summed E-state index contributed by atoms with van der Waals surface area (Å²) in [5.74, 6) is 0.211. The van der Waals surface area contributed by atoms with Crippen molar-refractivity contribution in [3.8, 4) is 11.3 Å². The molecule has 0 radical (unpaired) electrons. The van der Waals surface area contributed by atoms with Crippen LogP contribution in [0.5, 0.6) is 0 Å². The zero-order chi connectivity index (χ0) is 16.4. The van der Waals surface area contributed by atoms with E-state index in [1.54, 1.807) is 24.5 Å². The van der Waals surface area contributed by atoms with Gasteiger partial charge in [0.25, 0.3) is 0 Å². The monoisotopic (exact) mass is 325 g/mol. The Kier molecular flexibility index (Phi) is 4.56. The lowest BCUT2D eigenvalue weighted by Gasteiger charge is -2.37. The minimum Gasteiger partial charge on any atom is -0.300 e. The number of likely N-dealkylation sites (tertiary alicyclic amines) is 1. The first kappa shape index (κ1) is 15.7.